The van der Waals surface area contributed by atoms with Gasteiger partial charge in [0, 0.05) is 6.92 Å². The van der Waals surface area contributed by atoms with Crippen LogP contribution in [-0.4, -0.2) is 67.6 Å². The minimum atomic E-state index is -1.51. The number of rotatable bonds is 0. The van der Waals surface area contributed by atoms with Gasteiger partial charge < -0.3 is 25.2 Å². The molecule has 2 rings (SSSR count). The summed E-state index contributed by atoms with van der Waals surface area (Å²) in [4.78, 5) is 12.3. The molecule has 2 saturated heterocycles. The van der Waals surface area contributed by atoms with E-state index in [2.05, 4.69) is 0 Å². The van der Waals surface area contributed by atoms with E-state index in [4.69, 9.17) is 4.74 Å². The smallest absolute Gasteiger partial charge is 0.223 e. The molecule has 0 aliphatic carbocycles. The molecule has 7 nitrogen and oxygen atoms in total. The molecule has 0 radical (unpaired) electrons. The topological polar surface area (TPSA) is 110 Å². The molecule has 2 bridgehead atoms. The molecule has 0 aromatic heterocycles. The Kier molecular flexibility index (Phi) is 2.48. The van der Waals surface area contributed by atoms with Gasteiger partial charge in [-0.15, -0.1) is 0 Å². The number of carbonyl (C=O) groups excluding carboxylic acids is 1. The summed E-state index contributed by atoms with van der Waals surface area (Å²) in [7, 11) is 0. The Hall–Kier alpha value is -0.730. The van der Waals surface area contributed by atoms with Gasteiger partial charge in [-0.1, -0.05) is 0 Å². The summed E-state index contributed by atoms with van der Waals surface area (Å²) in [6, 6.07) is 0. The maximum absolute atomic E-state index is 11.4. The van der Waals surface area contributed by atoms with Crippen molar-refractivity contribution in [2.45, 2.75) is 50.2 Å². The van der Waals surface area contributed by atoms with Crippen molar-refractivity contribution in [2.75, 3.05) is 0 Å². The van der Waals surface area contributed by atoms with Gasteiger partial charge in [0.15, 0.2) is 12.0 Å². The molecule has 6 atom stereocenters. The molecule has 2 heterocycles. The van der Waals surface area contributed by atoms with Gasteiger partial charge in [-0.25, -0.2) is 0 Å². The standard InChI is InChI=1S/C9H15NO6/c1-3(11)10-8(15)6-4(12)5(13)7(14)9(10,2)16-6/h4-8,12-15H,1-2H3/t4-,5-,6+,7-,8+,9-/m0/s1. The molecule has 92 valence electrons. The number of hydrogen-bond donors (Lipinski definition) is 4. The number of nitrogens with zero attached hydrogens (tertiary/aromatic N) is 1. The Morgan fingerprint density at radius 2 is 1.81 bits per heavy atom. The van der Waals surface area contributed by atoms with Crippen molar-refractivity contribution in [3.63, 3.8) is 0 Å². The van der Waals surface area contributed by atoms with Crippen LogP contribution >= 0.6 is 0 Å². The second-order valence-electron chi connectivity index (χ2n) is 4.37. The van der Waals surface area contributed by atoms with Crippen LogP contribution in [0, 0.1) is 0 Å². The number of aliphatic hydroxyl groups excluding tert-OH is 4. The predicted octanol–water partition coefficient (Wildman–Crippen LogP) is -2.64. The number of likely N-dealkylation sites (tertiary alicyclic amines) is 1. The highest BCUT2D eigenvalue weighted by Gasteiger charge is 2.64. The van der Waals surface area contributed by atoms with Crippen LogP contribution in [0.3, 0.4) is 0 Å². The van der Waals surface area contributed by atoms with E-state index in [0.717, 1.165) is 4.90 Å². The lowest BCUT2D eigenvalue weighted by atomic mass is 9.94. The van der Waals surface area contributed by atoms with Crippen LogP contribution in [0.2, 0.25) is 0 Å². The molecule has 1 amide bonds. The average molecular weight is 233 g/mol. The third-order valence-corrected chi connectivity index (χ3v) is 3.31. The van der Waals surface area contributed by atoms with E-state index >= 15 is 0 Å². The van der Waals surface area contributed by atoms with E-state index < -0.39 is 42.3 Å². The second kappa shape index (κ2) is 3.38. The van der Waals surface area contributed by atoms with Gasteiger partial charge in [0.25, 0.3) is 0 Å². The molecule has 4 N–H and O–H groups in total. The summed E-state index contributed by atoms with van der Waals surface area (Å²) in [5.41, 5.74) is -1.51. The fourth-order valence-electron chi connectivity index (χ4n) is 2.46. The SMILES string of the molecule is CC(=O)N1[C@H](O)[C@@H]2O[C@@]1(C)[C@@H](O)[C@@H](O)[C@@H]2O. The van der Waals surface area contributed by atoms with Crippen LogP contribution in [0.5, 0.6) is 0 Å². The number of fused-ring (bicyclic) bond motifs is 2. The highest BCUT2D eigenvalue weighted by Crippen LogP contribution is 2.41. The molecule has 16 heavy (non-hydrogen) atoms. The normalized spacial score (nSPS) is 51.9. The van der Waals surface area contributed by atoms with Gasteiger partial charge in [-0.3, -0.25) is 9.69 Å². The fraction of sp³-hybridized carbons (Fsp3) is 0.889. The summed E-state index contributed by atoms with van der Waals surface area (Å²) < 4.78 is 5.26. The first-order valence-corrected chi connectivity index (χ1v) is 5.00. The van der Waals surface area contributed by atoms with Gasteiger partial charge in [0.05, 0.1) is 0 Å². The zero-order valence-electron chi connectivity index (χ0n) is 8.94. The van der Waals surface area contributed by atoms with Crippen LogP contribution in [0.4, 0.5) is 0 Å². The van der Waals surface area contributed by atoms with Crippen LogP contribution in [0.1, 0.15) is 13.8 Å². The second-order valence-corrected chi connectivity index (χ2v) is 4.37. The van der Waals surface area contributed by atoms with Crippen molar-refractivity contribution in [1.82, 2.24) is 4.90 Å². The van der Waals surface area contributed by atoms with Crippen molar-refractivity contribution in [3.8, 4) is 0 Å². The lowest BCUT2D eigenvalue weighted by Crippen LogP contribution is -2.62. The van der Waals surface area contributed by atoms with Crippen molar-refractivity contribution in [1.29, 1.82) is 0 Å². The Labute approximate surface area is 91.9 Å². The predicted molar refractivity (Wildman–Crippen MR) is 49.8 cm³/mol. The molecule has 2 aliphatic heterocycles. The van der Waals surface area contributed by atoms with Crippen LogP contribution in [-0.2, 0) is 9.53 Å². The zero-order chi connectivity index (χ0) is 12.2. The molecule has 0 spiro atoms. The Morgan fingerprint density at radius 1 is 1.25 bits per heavy atom. The van der Waals surface area contributed by atoms with Gasteiger partial charge in [0.2, 0.25) is 5.91 Å². The molecule has 0 aromatic carbocycles. The van der Waals surface area contributed by atoms with Gasteiger partial charge in [-0.05, 0) is 6.92 Å². The van der Waals surface area contributed by atoms with E-state index in [1.165, 1.54) is 13.8 Å². The van der Waals surface area contributed by atoms with E-state index in [1.54, 1.807) is 0 Å². The van der Waals surface area contributed by atoms with E-state index in [1.807, 2.05) is 0 Å². The van der Waals surface area contributed by atoms with Crippen molar-refractivity contribution < 1.29 is 30.0 Å². The van der Waals surface area contributed by atoms with Crippen LogP contribution in [0.15, 0.2) is 0 Å². The third kappa shape index (κ3) is 1.23. The first-order valence-electron chi connectivity index (χ1n) is 5.00. The third-order valence-electron chi connectivity index (χ3n) is 3.31. The van der Waals surface area contributed by atoms with Crippen LogP contribution in [0.25, 0.3) is 0 Å². The summed E-state index contributed by atoms with van der Waals surface area (Å²) in [5, 5.41) is 38.8. The molecule has 2 aliphatic rings. The molecule has 0 aromatic rings. The van der Waals surface area contributed by atoms with Gasteiger partial charge in [0.1, 0.15) is 24.4 Å². The van der Waals surface area contributed by atoms with Crippen molar-refractivity contribution in [3.05, 3.63) is 0 Å². The van der Waals surface area contributed by atoms with E-state index in [0.29, 0.717) is 0 Å². The van der Waals surface area contributed by atoms with E-state index in [-0.39, 0.29) is 0 Å². The maximum atomic E-state index is 11.4. The quantitative estimate of drug-likeness (QED) is 0.364. The average Bonchev–Trinajstić information content (AvgIpc) is 2.45. The lowest BCUT2D eigenvalue weighted by molar-refractivity contribution is -0.254. The number of hydrogen-bond acceptors (Lipinski definition) is 6. The highest BCUT2D eigenvalue weighted by molar-refractivity contribution is 5.74. The largest absolute Gasteiger partial charge is 0.387 e. The summed E-state index contributed by atoms with van der Waals surface area (Å²) in [5.74, 6) is -0.502. The Morgan fingerprint density at radius 3 is 2.31 bits per heavy atom. The highest BCUT2D eigenvalue weighted by atomic mass is 16.6. The van der Waals surface area contributed by atoms with Gasteiger partial charge in [-0.2, -0.15) is 0 Å². The van der Waals surface area contributed by atoms with E-state index in [9.17, 15) is 25.2 Å². The van der Waals surface area contributed by atoms with Gasteiger partial charge >= 0.3 is 0 Å². The van der Waals surface area contributed by atoms with Crippen molar-refractivity contribution in [2.24, 2.45) is 0 Å². The van der Waals surface area contributed by atoms with Crippen LogP contribution < -0.4 is 0 Å². The zero-order valence-corrected chi connectivity index (χ0v) is 8.94. The molecular weight excluding hydrogens is 218 g/mol. The lowest BCUT2D eigenvalue weighted by Gasteiger charge is -2.42. The first kappa shape index (κ1) is 11.7. The fourth-order valence-corrected chi connectivity index (χ4v) is 2.46. The number of amides is 1. The molecule has 2 fully saturated rings. The maximum Gasteiger partial charge on any atom is 0.223 e. The summed E-state index contributed by atoms with van der Waals surface area (Å²) in [6.07, 6.45) is -6.83. The molecule has 0 saturated carbocycles. The molecule has 7 heteroatoms. The first-order chi connectivity index (χ1) is 7.30. The minimum absolute atomic E-state index is 0.502. The Balaban J connectivity index is 2.43. The number of ether oxygens (including phenoxy) is 1. The number of carbonyl (C=O) groups is 1. The molecule has 0 unspecified atom stereocenters. The number of aliphatic hydroxyl groups is 4. The Bertz CT molecular complexity index is 317. The molecular formula is C9H15NO6. The minimum Gasteiger partial charge on any atom is -0.387 e. The monoisotopic (exact) mass is 233 g/mol. The summed E-state index contributed by atoms with van der Waals surface area (Å²) >= 11 is 0. The summed E-state index contributed by atoms with van der Waals surface area (Å²) in [6.45, 7) is 2.60. The van der Waals surface area contributed by atoms with Crippen molar-refractivity contribution >= 4 is 5.91 Å².